The van der Waals surface area contributed by atoms with E-state index in [9.17, 15) is 38.9 Å². The molecule has 4 aromatic carbocycles. The van der Waals surface area contributed by atoms with E-state index >= 15 is 8.78 Å². The molecule has 0 unspecified atom stereocenters. The number of anilines is 1. The van der Waals surface area contributed by atoms with Crippen LogP contribution < -0.4 is 14.8 Å². The number of hydrogen-bond acceptors (Lipinski definition) is 22. The molecule has 0 aliphatic heterocycles. The van der Waals surface area contributed by atoms with Gasteiger partial charge in [0.2, 0.25) is 5.95 Å². The summed E-state index contributed by atoms with van der Waals surface area (Å²) in [6.45, 7) is 1.43. The second kappa shape index (κ2) is 27.5. The van der Waals surface area contributed by atoms with E-state index in [1.165, 1.54) is 12.1 Å². The molecule has 5 rings (SSSR count). The van der Waals surface area contributed by atoms with Gasteiger partial charge in [0.05, 0.1) is 41.1 Å². The zero-order valence-corrected chi connectivity index (χ0v) is 41.5. The summed E-state index contributed by atoms with van der Waals surface area (Å²) in [4.78, 5) is 12.5. The minimum Gasteiger partial charge on any atom is -0.493 e. The van der Waals surface area contributed by atoms with Crippen molar-refractivity contribution in [1.29, 1.82) is 0 Å². The van der Waals surface area contributed by atoms with Crippen molar-refractivity contribution in [1.82, 2.24) is 15.0 Å². The summed E-state index contributed by atoms with van der Waals surface area (Å²) in [7, 11) is -19.8. The molecule has 1 aromatic heterocycles. The predicted octanol–water partition coefficient (Wildman–Crippen LogP) is 6.45. The SMILES string of the molecule is CCCOc1cc(N=Nc2ccc(Cl)cc2)c(F)cc1Cc1nc(Cc2cc(F)c(N=Nc3ccc(Cl)c(S(=O)(=O)O)c3)cc2OCCCS(=O)(=O)O)nc(NCCS(=O)(=O)O)n1.O=S(=O)=O.O=S(=O)=O. The lowest BCUT2D eigenvalue weighted by Crippen LogP contribution is -2.18. The molecule has 5 aromatic rings. The van der Waals surface area contributed by atoms with Gasteiger partial charge in [0.15, 0.2) is 11.6 Å². The number of hydrogen-bond donors (Lipinski definition) is 4. The molecule has 0 amide bonds. The fourth-order valence-electron chi connectivity index (χ4n) is 5.32. The lowest BCUT2D eigenvalue weighted by atomic mass is 10.1. The van der Waals surface area contributed by atoms with E-state index in [0.717, 1.165) is 30.3 Å². The third-order valence-corrected chi connectivity index (χ3v) is 11.3. The number of nitrogens with one attached hydrogen (secondary N) is 1. The third kappa shape index (κ3) is 22.7. The number of nitrogens with zero attached hydrogens (tertiary/aromatic N) is 7. The predicted molar refractivity (Wildman–Crippen MR) is 246 cm³/mol. The Hall–Kier alpha value is -6.10. The van der Waals surface area contributed by atoms with Gasteiger partial charge in [-0.2, -0.15) is 45.4 Å². The van der Waals surface area contributed by atoms with Crippen LogP contribution in [0.15, 0.2) is 92.1 Å². The topological polar surface area (TPSA) is 384 Å². The maximum atomic E-state index is 15.7. The van der Waals surface area contributed by atoms with Crippen LogP contribution in [0.1, 0.15) is 42.5 Å². The van der Waals surface area contributed by atoms with Crippen molar-refractivity contribution >= 4 is 103 Å². The van der Waals surface area contributed by atoms with Gasteiger partial charge in [-0.05, 0) is 67.4 Å². The van der Waals surface area contributed by atoms with Gasteiger partial charge in [-0.25, -0.2) is 13.8 Å². The molecule has 0 spiro atoms. The van der Waals surface area contributed by atoms with E-state index in [-0.39, 0.29) is 95.6 Å². The van der Waals surface area contributed by atoms with E-state index in [4.69, 9.17) is 57.9 Å². The molecule has 4 N–H and O–H groups in total. The largest absolute Gasteiger partial charge is 0.493 e. The molecule has 71 heavy (non-hydrogen) atoms. The first kappa shape index (κ1) is 59.2. The fraction of sp³-hybridized carbons (Fsp3) is 0.270. The van der Waals surface area contributed by atoms with Crippen LogP contribution in [0.25, 0.3) is 0 Å². The second-order valence-corrected chi connectivity index (χ2v) is 19.8. The molecular formula is C37H36Cl2F2N8O17S5. The zero-order chi connectivity index (χ0) is 53.1. The molecule has 34 heteroatoms. The van der Waals surface area contributed by atoms with Gasteiger partial charge in [-0.1, -0.05) is 30.1 Å². The Bertz CT molecular complexity index is 3310. The Morgan fingerprint density at radius 2 is 1.10 bits per heavy atom. The number of halogens is 4. The maximum absolute atomic E-state index is 15.7. The summed E-state index contributed by atoms with van der Waals surface area (Å²) in [5, 5.41) is 18.6. The molecule has 0 fully saturated rings. The highest BCUT2D eigenvalue weighted by Crippen LogP contribution is 2.34. The third-order valence-electron chi connectivity index (χ3n) is 8.16. The van der Waals surface area contributed by atoms with Gasteiger partial charge < -0.3 is 14.8 Å². The Morgan fingerprint density at radius 1 is 0.634 bits per heavy atom. The van der Waals surface area contributed by atoms with Gasteiger partial charge in [0.1, 0.15) is 39.4 Å². The Morgan fingerprint density at radius 3 is 1.56 bits per heavy atom. The first-order valence-corrected chi connectivity index (χ1v) is 26.7. The Balaban J connectivity index is 0.00000154. The average molecular weight is 1130 g/mol. The van der Waals surface area contributed by atoms with Crippen LogP contribution >= 0.6 is 23.2 Å². The Labute approximate surface area is 415 Å². The summed E-state index contributed by atoms with van der Waals surface area (Å²) < 4.78 is 191. The highest BCUT2D eigenvalue weighted by Gasteiger charge is 2.20. The molecule has 0 aliphatic carbocycles. The molecule has 25 nitrogen and oxygen atoms in total. The first-order valence-electron chi connectivity index (χ1n) is 19.3. The molecule has 0 saturated carbocycles. The molecule has 384 valence electrons. The van der Waals surface area contributed by atoms with E-state index in [2.05, 4.69) is 40.7 Å². The van der Waals surface area contributed by atoms with Gasteiger partial charge in [0.25, 0.3) is 30.4 Å². The minimum absolute atomic E-state index is 0.000570. The molecule has 0 aliphatic rings. The van der Waals surface area contributed by atoms with Crippen LogP contribution in [0.2, 0.25) is 10.0 Å². The summed E-state index contributed by atoms with van der Waals surface area (Å²) in [6.07, 6.45) is -0.127. The van der Waals surface area contributed by atoms with Crippen molar-refractivity contribution in [2.45, 2.75) is 37.5 Å². The van der Waals surface area contributed by atoms with Gasteiger partial charge in [0, 0.05) is 47.7 Å². The maximum Gasteiger partial charge on any atom is 0.425 e. The number of rotatable bonds is 21. The van der Waals surface area contributed by atoms with Crippen molar-refractivity contribution in [3.05, 3.63) is 111 Å². The fourth-order valence-corrected chi connectivity index (χ4v) is 7.29. The van der Waals surface area contributed by atoms with Crippen LogP contribution in [0, 0.1) is 11.6 Å². The highest BCUT2D eigenvalue weighted by atomic mass is 35.5. The van der Waals surface area contributed by atoms with Crippen LogP contribution in [0.3, 0.4) is 0 Å². The van der Waals surface area contributed by atoms with Gasteiger partial charge >= 0.3 is 21.2 Å². The van der Waals surface area contributed by atoms with Gasteiger partial charge in [-0.15, -0.1) is 35.5 Å². The van der Waals surface area contributed by atoms with E-state index in [1.807, 2.05) is 6.92 Å². The normalized spacial score (nSPS) is 11.6. The standard InChI is InChI=1S/C37H36Cl2F2N8O11S3.2O3S/c1-2-11-59-32-20-30(48-46-25-6-4-24(38)5-7-25)28(40)15-22(32)17-35-43-36(45-37(44-35)42-10-14-62(53,54)55)18-23-16-29(41)31(21-33(23)60-12-3-13-61(50,51)52)49-47-26-8-9-27(39)34(19-26)63(56,57)58;2*1-4(2)3/h4-9,15-16,19-21H,2-3,10-14,17-18H2,1H3,(H,50,51,52)(H,53,54,55)(H,56,57,58)(H,42,43,44,45);;. The molecular weight excluding hydrogens is 1100 g/mol. The smallest absolute Gasteiger partial charge is 0.425 e. The summed E-state index contributed by atoms with van der Waals surface area (Å²) in [5.74, 6) is -3.27. The highest BCUT2D eigenvalue weighted by molar-refractivity contribution is 7.86. The molecule has 0 saturated heterocycles. The van der Waals surface area contributed by atoms with E-state index < -0.39 is 85.3 Å². The molecule has 1 heterocycles. The monoisotopic (exact) mass is 1130 g/mol. The summed E-state index contributed by atoms with van der Waals surface area (Å²) in [5.41, 5.74) is 0.0137. The lowest BCUT2D eigenvalue weighted by Gasteiger charge is -2.15. The van der Waals surface area contributed by atoms with Crippen molar-refractivity contribution in [3.8, 4) is 11.5 Å². The zero-order valence-electron chi connectivity index (χ0n) is 36.0. The lowest BCUT2D eigenvalue weighted by molar-refractivity contribution is 0.313. The second-order valence-electron chi connectivity index (χ2n) is 13.6. The van der Waals surface area contributed by atoms with Crippen LogP contribution in [-0.2, 0) is 64.4 Å². The van der Waals surface area contributed by atoms with Crippen LogP contribution in [-0.4, -0.2) is 110 Å². The molecule has 0 radical (unpaired) electrons. The molecule has 0 atom stereocenters. The first-order chi connectivity index (χ1) is 33.1. The van der Waals surface area contributed by atoms with E-state index in [1.54, 1.807) is 24.3 Å². The van der Waals surface area contributed by atoms with Crippen molar-refractivity contribution < 1.29 is 82.4 Å². The minimum atomic E-state index is -4.75. The number of benzene rings is 4. The number of azo groups is 2. The van der Waals surface area contributed by atoms with Crippen LogP contribution in [0.5, 0.6) is 11.5 Å². The quantitative estimate of drug-likeness (QED) is 0.0348. The van der Waals surface area contributed by atoms with Crippen molar-refractivity contribution in [3.63, 3.8) is 0 Å². The van der Waals surface area contributed by atoms with Crippen LogP contribution in [0.4, 0.5) is 37.5 Å². The number of ether oxygens (including phenoxy) is 2. The van der Waals surface area contributed by atoms with Crippen molar-refractivity contribution in [2.75, 3.05) is 36.6 Å². The van der Waals surface area contributed by atoms with E-state index in [0.29, 0.717) is 17.1 Å². The average Bonchev–Trinajstić information content (AvgIpc) is 3.24. The molecule has 0 bridgehead atoms. The van der Waals surface area contributed by atoms with Crippen molar-refractivity contribution in [2.24, 2.45) is 20.5 Å². The Kier molecular flexibility index (Phi) is 22.9. The summed E-state index contributed by atoms with van der Waals surface area (Å²) >= 11 is 11.8. The summed E-state index contributed by atoms with van der Waals surface area (Å²) in [6, 6.07) is 14.2. The van der Waals surface area contributed by atoms with Gasteiger partial charge in [-0.3, -0.25) is 13.7 Å². The number of aromatic nitrogens is 3.